The lowest BCUT2D eigenvalue weighted by Crippen LogP contribution is -2.49. The van der Waals surface area contributed by atoms with Crippen molar-refractivity contribution in [1.29, 1.82) is 0 Å². The molecular formula is C22H28F3N3O3. The van der Waals surface area contributed by atoms with Crippen LogP contribution < -0.4 is 4.74 Å². The van der Waals surface area contributed by atoms with E-state index in [1.807, 2.05) is 0 Å². The van der Waals surface area contributed by atoms with Crippen LogP contribution in [0.15, 0.2) is 30.5 Å². The SMILES string of the molecule is CC(=O)N1CCC(O)(CN2CCC(Oc3cccc4c3ccn4CC(F)(F)F)CC2)C1. The molecule has 3 heterocycles. The third-order valence-electron chi connectivity index (χ3n) is 6.25. The van der Waals surface area contributed by atoms with E-state index in [1.165, 1.54) is 17.7 Å². The van der Waals surface area contributed by atoms with Gasteiger partial charge in [-0.1, -0.05) is 6.07 Å². The van der Waals surface area contributed by atoms with Gasteiger partial charge in [-0.15, -0.1) is 0 Å². The van der Waals surface area contributed by atoms with Crippen molar-refractivity contribution < 1.29 is 27.8 Å². The smallest absolute Gasteiger partial charge is 0.406 e. The maximum absolute atomic E-state index is 12.8. The zero-order valence-corrected chi connectivity index (χ0v) is 17.6. The van der Waals surface area contributed by atoms with Crippen molar-refractivity contribution in [1.82, 2.24) is 14.4 Å². The number of rotatable bonds is 5. The Morgan fingerprint density at radius 1 is 1.23 bits per heavy atom. The van der Waals surface area contributed by atoms with Crippen LogP contribution in [0.1, 0.15) is 26.2 Å². The highest BCUT2D eigenvalue weighted by Gasteiger charge is 2.39. The van der Waals surface area contributed by atoms with Crippen molar-refractivity contribution in [3.63, 3.8) is 0 Å². The van der Waals surface area contributed by atoms with Crippen LogP contribution in [-0.2, 0) is 11.3 Å². The summed E-state index contributed by atoms with van der Waals surface area (Å²) < 4.78 is 45.7. The van der Waals surface area contributed by atoms with E-state index >= 15 is 0 Å². The zero-order valence-electron chi connectivity index (χ0n) is 17.6. The van der Waals surface area contributed by atoms with Crippen molar-refractivity contribution in [3.8, 4) is 5.75 Å². The number of piperidine rings is 1. The lowest BCUT2D eigenvalue weighted by atomic mass is 10.00. The van der Waals surface area contributed by atoms with Gasteiger partial charge in [-0.25, -0.2) is 0 Å². The molecule has 170 valence electrons. The largest absolute Gasteiger partial charge is 0.490 e. The first-order chi connectivity index (χ1) is 14.6. The predicted octanol–water partition coefficient (Wildman–Crippen LogP) is 3.03. The first-order valence-electron chi connectivity index (χ1n) is 10.6. The Morgan fingerprint density at radius 3 is 2.61 bits per heavy atom. The first-order valence-corrected chi connectivity index (χ1v) is 10.6. The van der Waals surface area contributed by atoms with Gasteiger partial charge in [0.2, 0.25) is 5.91 Å². The Hall–Kier alpha value is -2.26. The quantitative estimate of drug-likeness (QED) is 0.778. The number of aromatic nitrogens is 1. The molecule has 9 heteroatoms. The van der Waals surface area contributed by atoms with Gasteiger partial charge in [0.25, 0.3) is 0 Å². The van der Waals surface area contributed by atoms with Gasteiger partial charge in [-0.2, -0.15) is 13.2 Å². The average Bonchev–Trinajstić information content (AvgIpc) is 3.27. The van der Waals surface area contributed by atoms with Gasteiger partial charge in [0.15, 0.2) is 0 Å². The first kappa shape index (κ1) is 22.0. The lowest BCUT2D eigenvalue weighted by Gasteiger charge is -2.36. The minimum atomic E-state index is -4.28. The number of β-amino-alcohol motifs (C(OH)–C–C–N with tert-alkyl or cyclic N) is 1. The normalized spacial score (nSPS) is 23.6. The topological polar surface area (TPSA) is 57.9 Å². The average molecular weight is 439 g/mol. The summed E-state index contributed by atoms with van der Waals surface area (Å²) in [6, 6.07) is 6.85. The highest BCUT2D eigenvalue weighted by atomic mass is 19.4. The molecule has 2 aliphatic heterocycles. The van der Waals surface area contributed by atoms with Crippen LogP contribution in [0.5, 0.6) is 5.75 Å². The standard InChI is InChI=1S/C22H28F3N3O3/c1-16(29)27-12-8-21(30,14-27)13-26-9-5-17(6-10-26)31-20-4-2-3-19-18(20)7-11-28(19)15-22(23,24)25/h2-4,7,11,17,30H,5-6,8-10,12-15H2,1H3. The lowest BCUT2D eigenvalue weighted by molar-refractivity contribution is -0.139. The molecule has 4 rings (SSSR count). The van der Waals surface area contributed by atoms with Crippen molar-refractivity contribution in [2.24, 2.45) is 0 Å². The van der Waals surface area contributed by atoms with Gasteiger partial charge in [-0.05, 0) is 37.5 Å². The second kappa shape index (κ2) is 8.35. The molecule has 6 nitrogen and oxygen atoms in total. The maximum atomic E-state index is 12.8. The number of ether oxygens (including phenoxy) is 1. The second-order valence-electron chi connectivity index (χ2n) is 8.76. The highest BCUT2D eigenvalue weighted by molar-refractivity contribution is 5.86. The number of carbonyl (C=O) groups is 1. The maximum Gasteiger partial charge on any atom is 0.406 e. The van der Waals surface area contributed by atoms with E-state index in [0.29, 0.717) is 42.7 Å². The van der Waals surface area contributed by atoms with Crippen LogP contribution in [0.2, 0.25) is 0 Å². The molecule has 31 heavy (non-hydrogen) atoms. The molecule has 0 aliphatic carbocycles. The van der Waals surface area contributed by atoms with Gasteiger partial charge >= 0.3 is 6.18 Å². The summed E-state index contributed by atoms with van der Waals surface area (Å²) in [7, 11) is 0. The van der Waals surface area contributed by atoms with Gasteiger partial charge in [0, 0.05) is 44.7 Å². The molecule has 1 unspecified atom stereocenters. The molecule has 2 saturated heterocycles. The number of hydrogen-bond donors (Lipinski definition) is 1. The van der Waals surface area contributed by atoms with Gasteiger partial charge in [0.1, 0.15) is 18.4 Å². The molecule has 2 aliphatic rings. The predicted molar refractivity (Wildman–Crippen MR) is 110 cm³/mol. The molecular weight excluding hydrogens is 411 g/mol. The molecule has 1 amide bonds. The fourth-order valence-corrected chi connectivity index (χ4v) is 4.66. The van der Waals surface area contributed by atoms with Crippen LogP contribution in [0.4, 0.5) is 13.2 Å². The zero-order chi connectivity index (χ0) is 22.2. The Kier molecular flexibility index (Phi) is 5.91. The Labute approximate surface area is 179 Å². The molecule has 0 spiro atoms. The van der Waals surface area contributed by atoms with Crippen molar-refractivity contribution in [2.45, 2.75) is 50.6 Å². The molecule has 1 aromatic carbocycles. The second-order valence-corrected chi connectivity index (χ2v) is 8.76. The fraction of sp³-hybridized carbons (Fsp3) is 0.591. The number of likely N-dealkylation sites (tertiary alicyclic amines) is 2. The number of alkyl halides is 3. The van der Waals surface area contributed by atoms with E-state index in [1.54, 1.807) is 29.2 Å². The van der Waals surface area contributed by atoms with E-state index < -0.39 is 18.3 Å². The van der Waals surface area contributed by atoms with E-state index in [2.05, 4.69) is 4.90 Å². The monoisotopic (exact) mass is 439 g/mol. The third-order valence-corrected chi connectivity index (χ3v) is 6.25. The number of carbonyl (C=O) groups excluding carboxylic acids is 1. The van der Waals surface area contributed by atoms with Crippen LogP contribution in [0.3, 0.4) is 0 Å². The molecule has 2 aromatic rings. The number of hydrogen-bond acceptors (Lipinski definition) is 4. The van der Waals surface area contributed by atoms with E-state index in [-0.39, 0.29) is 12.0 Å². The minimum Gasteiger partial charge on any atom is -0.490 e. The summed E-state index contributed by atoms with van der Waals surface area (Å²) in [4.78, 5) is 15.4. The molecule has 0 bridgehead atoms. The fourth-order valence-electron chi connectivity index (χ4n) is 4.66. The summed E-state index contributed by atoms with van der Waals surface area (Å²) in [5.74, 6) is 0.588. The van der Waals surface area contributed by atoms with E-state index in [4.69, 9.17) is 4.74 Å². The molecule has 0 saturated carbocycles. The Morgan fingerprint density at radius 2 is 1.97 bits per heavy atom. The summed E-state index contributed by atoms with van der Waals surface area (Å²) in [6.45, 7) is 3.50. The van der Waals surface area contributed by atoms with Crippen LogP contribution in [0.25, 0.3) is 10.9 Å². The van der Waals surface area contributed by atoms with E-state index in [0.717, 1.165) is 25.9 Å². The number of amides is 1. The highest BCUT2D eigenvalue weighted by Crippen LogP contribution is 2.31. The van der Waals surface area contributed by atoms with Crippen LogP contribution >= 0.6 is 0 Å². The van der Waals surface area contributed by atoms with Crippen LogP contribution in [-0.4, -0.2) is 76.0 Å². The van der Waals surface area contributed by atoms with Crippen LogP contribution in [0, 0.1) is 0 Å². The summed E-state index contributed by atoms with van der Waals surface area (Å²) >= 11 is 0. The van der Waals surface area contributed by atoms with E-state index in [9.17, 15) is 23.1 Å². The number of aliphatic hydroxyl groups is 1. The molecule has 0 radical (unpaired) electrons. The molecule has 1 N–H and O–H groups in total. The molecule has 1 aromatic heterocycles. The van der Waals surface area contributed by atoms with Gasteiger partial charge < -0.3 is 24.2 Å². The summed E-state index contributed by atoms with van der Waals surface area (Å²) in [6.07, 6.45) is -0.737. The third kappa shape index (κ3) is 5.15. The molecule has 2 fully saturated rings. The summed E-state index contributed by atoms with van der Waals surface area (Å²) in [5, 5.41) is 11.5. The summed E-state index contributed by atoms with van der Waals surface area (Å²) in [5.41, 5.74) is -0.363. The van der Waals surface area contributed by atoms with Crippen molar-refractivity contribution >= 4 is 16.8 Å². The van der Waals surface area contributed by atoms with Crippen molar-refractivity contribution in [3.05, 3.63) is 30.5 Å². The number of benzene rings is 1. The molecule has 1 atom stereocenters. The van der Waals surface area contributed by atoms with Crippen molar-refractivity contribution in [2.75, 3.05) is 32.7 Å². The Bertz CT molecular complexity index is 937. The Balaban J connectivity index is 1.34. The number of nitrogens with zero attached hydrogens (tertiary/aromatic N) is 3. The number of halogens is 3. The van der Waals surface area contributed by atoms with Gasteiger partial charge in [0.05, 0.1) is 17.7 Å². The minimum absolute atomic E-state index is 0.0127. The van der Waals surface area contributed by atoms with Gasteiger partial charge in [-0.3, -0.25) is 4.79 Å². The number of fused-ring (bicyclic) bond motifs is 1.